The maximum atomic E-state index is 3.73. The van der Waals surface area contributed by atoms with Crippen molar-refractivity contribution in [2.24, 2.45) is 11.8 Å². The molecule has 0 aliphatic rings. The number of allylic oxidation sites excluding steroid dienone is 1. The molecular weight excluding hydrogens is 120 g/mol. The Morgan fingerprint density at radius 3 is 2.30 bits per heavy atom. The standard InChI is InChI=1S/C10H20/c1-5-7-8-10(6-2)9(3)4/h5,9-10H,1,6-8H2,2-4H3/t10-/m0/s1. The second kappa shape index (κ2) is 5.52. The van der Waals surface area contributed by atoms with E-state index in [1.165, 1.54) is 19.3 Å². The van der Waals surface area contributed by atoms with Crippen LogP contribution < -0.4 is 0 Å². The first-order valence-electron chi connectivity index (χ1n) is 4.33. The van der Waals surface area contributed by atoms with Gasteiger partial charge in [0.15, 0.2) is 0 Å². The molecule has 60 valence electrons. The van der Waals surface area contributed by atoms with Crippen LogP contribution in [0.1, 0.15) is 40.0 Å². The summed E-state index contributed by atoms with van der Waals surface area (Å²) in [5, 5.41) is 0. The third-order valence-corrected chi connectivity index (χ3v) is 2.21. The summed E-state index contributed by atoms with van der Waals surface area (Å²) in [4.78, 5) is 0. The van der Waals surface area contributed by atoms with Crippen molar-refractivity contribution in [3.8, 4) is 0 Å². The molecule has 0 saturated heterocycles. The molecule has 0 aliphatic heterocycles. The Morgan fingerprint density at radius 2 is 2.00 bits per heavy atom. The van der Waals surface area contributed by atoms with Crippen molar-refractivity contribution in [2.75, 3.05) is 0 Å². The molecule has 1 atom stereocenters. The first-order chi connectivity index (χ1) is 4.72. The Balaban J connectivity index is 3.49. The number of rotatable bonds is 5. The molecular formula is C10H20. The van der Waals surface area contributed by atoms with Crippen molar-refractivity contribution in [1.82, 2.24) is 0 Å². The first-order valence-corrected chi connectivity index (χ1v) is 4.33. The minimum Gasteiger partial charge on any atom is -0.103 e. The van der Waals surface area contributed by atoms with E-state index < -0.39 is 0 Å². The maximum Gasteiger partial charge on any atom is -0.0351 e. The summed E-state index contributed by atoms with van der Waals surface area (Å²) in [5.41, 5.74) is 0. The van der Waals surface area contributed by atoms with Crippen molar-refractivity contribution in [2.45, 2.75) is 40.0 Å². The molecule has 0 fully saturated rings. The quantitative estimate of drug-likeness (QED) is 0.511. The molecule has 0 aromatic heterocycles. The van der Waals surface area contributed by atoms with E-state index in [-0.39, 0.29) is 0 Å². The van der Waals surface area contributed by atoms with E-state index in [4.69, 9.17) is 0 Å². The Hall–Kier alpha value is -0.260. The van der Waals surface area contributed by atoms with Gasteiger partial charge in [-0.1, -0.05) is 33.3 Å². The van der Waals surface area contributed by atoms with Crippen molar-refractivity contribution < 1.29 is 0 Å². The highest BCUT2D eigenvalue weighted by atomic mass is 14.1. The second-order valence-corrected chi connectivity index (χ2v) is 3.28. The van der Waals surface area contributed by atoms with Crippen LogP contribution in [0.25, 0.3) is 0 Å². The SMILES string of the molecule is C=CCC[C@H](CC)C(C)C. The topological polar surface area (TPSA) is 0 Å². The zero-order valence-electron chi connectivity index (χ0n) is 7.56. The molecule has 0 radical (unpaired) electrons. The highest BCUT2D eigenvalue weighted by Crippen LogP contribution is 2.20. The Morgan fingerprint density at radius 1 is 1.40 bits per heavy atom. The van der Waals surface area contributed by atoms with Crippen LogP contribution in [0, 0.1) is 11.8 Å². The molecule has 0 spiro atoms. The Kier molecular flexibility index (Phi) is 5.38. The van der Waals surface area contributed by atoms with Crippen LogP contribution in [-0.4, -0.2) is 0 Å². The summed E-state index contributed by atoms with van der Waals surface area (Å²) >= 11 is 0. The monoisotopic (exact) mass is 140 g/mol. The fourth-order valence-corrected chi connectivity index (χ4v) is 1.34. The van der Waals surface area contributed by atoms with Gasteiger partial charge in [-0.05, 0) is 24.7 Å². The molecule has 0 heterocycles. The lowest BCUT2D eigenvalue weighted by atomic mass is 9.89. The van der Waals surface area contributed by atoms with Gasteiger partial charge in [0.2, 0.25) is 0 Å². The van der Waals surface area contributed by atoms with E-state index in [1.54, 1.807) is 0 Å². The maximum absolute atomic E-state index is 3.73. The van der Waals surface area contributed by atoms with Gasteiger partial charge in [0.25, 0.3) is 0 Å². The van der Waals surface area contributed by atoms with Gasteiger partial charge in [-0.25, -0.2) is 0 Å². The van der Waals surface area contributed by atoms with Crippen LogP contribution in [0.4, 0.5) is 0 Å². The van der Waals surface area contributed by atoms with Gasteiger partial charge in [0, 0.05) is 0 Å². The molecule has 0 saturated carbocycles. The smallest absolute Gasteiger partial charge is 0.0351 e. The van der Waals surface area contributed by atoms with Crippen molar-refractivity contribution in [1.29, 1.82) is 0 Å². The predicted molar refractivity (Wildman–Crippen MR) is 48.1 cm³/mol. The average Bonchev–Trinajstić information content (AvgIpc) is 1.89. The summed E-state index contributed by atoms with van der Waals surface area (Å²) in [7, 11) is 0. The van der Waals surface area contributed by atoms with Gasteiger partial charge < -0.3 is 0 Å². The minimum atomic E-state index is 0.838. The highest BCUT2D eigenvalue weighted by molar-refractivity contribution is 4.70. The Bertz CT molecular complexity index is 82.0. The van der Waals surface area contributed by atoms with E-state index in [0.717, 1.165) is 11.8 Å². The van der Waals surface area contributed by atoms with Crippen LogP contribution in [0.2, 0.25) is 0 Å². The van der Waals surface area contributed by atoms with Crippen molar-refractivity contribution in [3.63, 3.8) is 0 Å². The van der Waals surface area contributed by atoms with Gasteiger partial charge in [-0.2, -0.15) is 0 Å². The zero-order valence-corrected chi connectivity index (χ0v) is 7.56. The summed E-state index contributed by atoms with van der Waals surface area (Å²) < 4.78 is 0. The zero-order chi connectivity index (χ0) is 7.98. The molecule has 10 heavy (non-hydrogen) atoms. The average molecular weight is 140 g/mol. The minimum absolute atomic E-state index is 0.838. The van der Waals surface area contributed by atoms with Crippen LogP contribution in [-0.2, 0) is 0 Å². The lowest BCUT2D eigenvalue weighted by Crippen LogP contribution is -2.06. The predicted octanol–water partition coefficient (Wildman–Crippen LogP) is 3.63. The molecule has 0 aliphatic carbocycles. The van der Waals surface area contributed by atoms with Crippen molar-refractivity contribution >= 4 is 0 Å². The van der Waals surface area contributed by atoms with Gasteiger partial charge in [-0.15, -0.1) is 6.58 Å². The lowest BCUT2D eigenvalue weighted by molar-refractivity contribution is 0.351. The fourth-order valence-electron chi connectivity index (χ4n) is 1.34. The summed E-state index contributed by atoms with van der Waals surface area (Å²) in [5.74, 6) is 1.74. The molecule has 0 aromatic carbocycles. The normalized spacial score (nSPS) is 13.6. The van der Waals surface area contributed by atoms with E-state index in [0.29, 0.717) is 0 Å². The van der Waals surface area contributed by atoms with E-state index in [2.05, 4.69) is 27.4 Å². The van der Waals surface area contributed by atoms with Crippen LogP contribution in [0.15, 0.2) is 12.7 Å². The largest absolute Gasteiger partial charge is 0.103 e. The van der Waals surface area contributed by atoms with Crippen LogP contribution >= 0.6 is 0 Å². The third kappa shape index (κ3) is 3.71. The van der Waals surface area contributed by atoms with E-state index in [9.17, 15) is 0 Å². The first kappa shape index (κ1) is 9.74. The molecule has 0 bridgehead atoms. The van der Waals surface area contributed by atoms with Gasteiger partial charge >= 0.3 is 0 Å². The third-order valence-electron chi connectivity index (χ3n) is 2.21. The van der Waals surface area contributed by atoms with Crippen LogP contribution in [0.3, 0.4) is 0 Å². The molecule has 0 aromatic rings. The van der Waals surface area contributed by atoms with Crippen molar-refractivity contribution in [3.05, 3.63) is 12.7 Å². The number of hydrogen-bond donors (Lipinski definition) is 0. The molecule has 0 heteroatoms. The number of hydrogen-bond acceptors (Lipinski definition) is 0. The van der Waals surface area contributed by atoms with Gasteiger partial charge in [0.1, 0.15) is 0 Å². The molecule has 0 amide bonds. The van der Waals surface area contributed by atoms with E-state index in [1.807, 2.05) is 6.08 Å². The summed E-state index contributed by atoms with van der Waals surface area (Å²) in [6, 6.07) is 0. The van der Waals surface area contributed by atoms with Gasteiger partial charge in [0.05, 0.1) is 0 Å². The second-order valence-electron chi connectivity index (χ2n) is 3.28. The molecule has 0 nitrogen and oxygen atoms in total. The molecule has 0 unspecified atom stereocenters. The summed E-state index contributed by atoms with van der Waals surface area (Å²) in [6.07, 6.45) is 5.82. The summed E-state index contributed by atoms with van der Waals surface area (Å²) in [6.45, 7) is 10.6. The van der Waals surface area contributed by atoms with Gasteiger partial charge in [-0.3, -0.25) is 0 Å². The fraction of sp³-hybridized carbons (Fsp3) is 0.800. The molecule has 0 rings (SSSR count). The lowest BCUT2D eigenvalue weighted by Gasteiger charge is -2.17. The molecule has 0 N–H and O–H groups in total. The highest BCUT2D eigenvalue weighted by Gasteiger charge is 2.08. The Labute approximate surface area is 65.3 Å². The van der Waals surface area contributed by atoms with Crippen LogP contribution in [0.5, 0.6) is 0 Å². The van der Waals surface area contributed by atoms with E-state index >= 15 is 0 Å².